The van der Waals surface area contributed by atoms with E-state index in [1.165, 1.54) is 5.57 Å². The minimum absolute atomic E-state index is 0.138. The fourth-order valence-corrected chi connectivity index (χ4v) is 1.47. The van der Waals surface area contributed by atoms with Gasteiger partial charge >= 0.3 is 0 Å². The summed E-state index contributed by atoms with van der Waals surface area (Å²) in [5.74, 6) is 0. The summed E-state index contributed by atoms with van der Waals surface area (Å²) in [5.41, 5.74) is 8.30. The smallest absolute Gasteiger partial charge is 0.00904 e. The second kappa shape index (κ2) is 3.82. The summed E-state index contributed by atoms with van der Waals surface area (Å²) in [7, 11) is 0. The van der Waals surface area contributed by atoms with Crippen LogP contribution in [0.15, 0.2) is 35.6 Å². The SMILES string of the molecule is CCC(N)=CC1(C)C=CC(C)=CC1. The lowest BCUT2D eigenvalue weighted by atomic mass is 9.81. The van der Waals surface area contributed by atoms with Crippen LogP contribution in [-0.4, -0.2) is 0 Å². The van der Waals surface area contributed by atoms with Crippen LogP contribution in [0.5, 0.6) is 0 Å². The maximum absolute atomic E-state index is 5.83. The minimum Gasteiger partial charge on any atom is -0.402 e. The topological polar surface area (TPSA) is 26.0 Å². The van der Waals surface area contributed by atoms with Gasteiger partial charge in [-0.3, -0.25) is 0 Å². The van der Waals surface area contributed by atoms with Crippen LogP contribution < -0.4 is 5.73 Å². The molecule has 0 aromatic rings. The van der Waals surface area contributed by atoms with Gasteiger partial charge in [0.15, 0.2) is 0 Å². The highest BCUT2D eigenvalue weighted by Gasteiger charge is 2.18. The molecule has 0 heterocycles. The highest BCUT2D eigenvalue weighted by Crippen LogP contribution is 2.31. The average Bonchev–Trinajstić information content (AvgIpc) is 2.10. The first-order valence-electron chi connectivity index (χ1n) is 4.89. The van der Waals surface area contributed by atoms with Crippen molar-refractivity contribution in [2.24, 2.45) is 11.1 Å². The van der Waals surface area contributed by atoms with Crippen LogP contribution in [0.1, 0.15) is 33.6 Å². The van der Waals surface area contributed by atoms with Crippen molar-refractivity contribution in [3.8, 4) is 0 Å². The zero-order chi connectivity index (χ0) is 9.90. The molecule has 0 aromatic carbocycles. The van der Waals surface area contributed by atoms with E-state index in [2.05, 4.69) is 45.1 Å². The predicted molar refractivity (Wildman–Crippen MR) is 58.2 cm³/mol. The molecule has 1 unspecified atom stereocenters. The van der Waals surface area contributed by atoms with E-state index in [0.717, 1.165) is 18.5 Å². The van der Waals surface area contributed by atoms with Crippen LogP contribution in [0.25, 0.3) is 0 Å². The molecule has 0 bridgehead atoms. The van der Waals surface area contributed by atoms with E-state index < -0.39 is 0 Å². The van der Waals surface area contributed by atoms with Crippen LogP contribution in [0.3, 0.4) is 0 Å². The van der Waals surface area contributed by atoms with Crippen LogP contribution in [0.4, 0.5) is 0 Å². The molecule has 72 valence electrons. The van der Waals surface area contributed by atoms with E-state index in [9.17, 15) is 0 Å². The Morgan fingerprint density at radius 3 is 2.85 bits per heavy atom. The Balaban J connectivity index is 2.76. The zero-order valence-electron chi connectivity index (χ0n) is 8.80. The standard InChI is InChI=1S/C12H19N/c1-4-11(13)9-12(3)7-5-10(2)6-8-12/h5-7,9H,4,8,13H2,1-3H3. The molecule has 1 heteroatoms. The van der Waals surface area contributed by atoms with Gasteiger partial charge in [-0.1, -0.05) is 43.7 Å². The van der Waals surface area contributed by atoms with Gasteiger partial charge < -0.3 is 5.73 Å². The van der Waals surface area contributed by atoms with E-state index in [1.54, 1.807) is 0 Å². The summed E-state index contributed by atoms with van der Waals surface area (Å²) in [6.07, 6.45) is 10.8. The molecule has 1 atom stereocenters. The minimum atomic E-state index is 0.138. The van der Waals surface area contributed by atoms with Gasteiger partial charge in [-0.25, -0.2) is 0 Å². The Kier molecular flexibility index (Phi) is 2.97. The number of rotatable bonds is 2. The van der Waals surface area contributed by atoms with E-state index in [4.69, 9.17) is 5.73 Å². The first kappa shape index (κ1) is 10.1. The Bertz CT molecular complexity index is 271. The maximum atomic E-state index is 5.83. The average molecular weight is 177 g/mol. The molecule has 0 radical (unpaired) electrons. The third kappa shape index (κ3) is 2.76. The molecule has 0 saturated heterocycles. The molecule has 1 rings (SSSR count). The Morgan fingerprint density at radius 2 is 2.38 bits per heavy atom. The third-order valence-corrected chi connectivity index (χ3v) is 2.51. The van der Waals surface area contributed by atoms with Crippen molar-refractivity contribution in [1.29, 1.82) is 0 Å². The van der Waals surface area contributed by atoms with Gasteiger partial charge in [-0.2, -0.15) is 0 Å². The van der Waals surface area contributed by atoms with E-state index in [0.29, 0.717) is 0 Å². The normalized spacial score (nSPS) is 28.8. The van der Waals surface area contributed by atoms with Gasteiger partial charge in [0.05, 0.1) is 0 Å². The molecule has 0 aromatic heterocycles. The lowest BCUT2D eigenvalue weighted by Gasteiger charge is -2.24. The summed E-state index contributed by atoms with van der Waals surface area (Å²) in [6, 6.07) is 0. The molecule has 0 aliphatic heterocycles. The monoisotopic (exact) mass is 177 g/mol. The van der Waals surface area contributed by atoms with Crippen LogP contribution in [0, 0.1) is 5.41 Å². The molecule has 1 aliphatic carbocycles. The number of hydrogen-bond acceptors (Lipinski definition) is 1. The number of allylic oxidation sites excluding steroid dienone is 6. The van der Waals surface area contributed by atoms with Gasteiger partial charge in [-0.15, -0.1) is 0 Å². The Morgan fingerprint density at radius 1 is 1.69 bits per heavy atom. The molecule has 2 N–H and O–H groups in total. The predicted octanol–water partition coefficient (Wildman–Crippen LogP) is 3.15. The number of nitrogens with two attached hydrogens (primary N) is 1. The highest BCUT2D eigenvalue weighted by atomic mass is 14.6. The molecule has 0 fully saturated rings. The molecular formula is C12H19N. The fraction of sp³-hybridized carbons (Fsp3) is 0.500. The summed E-state index contributed by atoms with van der Waals surface area (Å²) >= 11 is 0. The van der Waals surface area contributed by atoms with Crippen molar-refractivity contribution in [1.82, 2.24) is 0 Å². The molecule has 1 aliphatic rings. The van der Waals surface area contributed by atoms with Gasteiger partial charge in [0, 0.05) is 11.1 Å². The van der Waals surface area contributed by atoms with Gasteiger partial charge in [0.1, 0.15) is 0 Å². The quantitative estimate of drug-likeness (QED) is 0.689. The first-order chi connectivity index (χ1) is 6.06. The summed E-state index contributed by atoms with van der Waals surface area (Å²) in [5, 5.41) is 0. The molecule has 13 heavy (non-hydrogen) atoms. The summed E-state index contributed by atoms with van der Waals surface area (Å²) in [4.78, 5) is 0. The van der Waals surface area contributed by atoms with E-state index in [1.807, 2.05) is 0 Å². The fourth-order valence-electron chi connectivity index (χ4n) is 1.47. The van der Waals surface area contributed by atoms with Crippen molar-refractivity contribution in [3.05, 3.63) is 35.6 Å². The highest BCUT2D eigenvalue weighted by molar-refractivity contribution is 5.28. The first-order valence-corrected chi connectivity index (χ1v) is 4.89. The van der Waals surface area contributed by atoms with Crippen LogP contribution in [0.2, 0.25) is 0 Å². The zero-order valence-corrected chi connectivity index (χ0v) is 8.80. The third-order valence-electron chi connectivity index (χ3n) is 2.51. The van der Waals surface area contributed by atoms with E-state index >= 15 is 0 Å². The second-order valence-electron chi connectivity index (χ2n) is 4.06. The van der Waals surface area contributed by atoms with Crippen LogP contribution in [-0.2, 0) is 0 Å². The largest absolute Gasteiger partial charge is 0.402 e. The Labute approximate surface area is 81.0 Å². The summed E-state index contributed by atoms with van der Waals surface area (Å²) in [6.45, 7) is 6.43. The lowest BCUT2D eigenvalue weighted by Crippen LogP contribution is -2.14. The number of hydrogen-bond donors (Lipinski definition) is 1. The lowest BCUT2D eigenvalue weighted by molar-refractivity contribution is 0.547. The van der Waals surface area contributed by atoms with Crippen LogP contribution >= 0.6 is 0 Å². The molecule has 1 nitrogen and oxygen atoms in total. The van der Waals surface area contributed by atoms with Gasteiger partial charge in [0.2, 0.25) is 0 Å². The van der Waals surface area contributed by atoms with Gasteiger partial charge in [-0.05, 0) is 19.8 Å². The summed E-state index contributed by atoms with van der Waals surface area (Å²) < 4.78 is 0. The van der Waals surface area contributed by atoms with Gasteiger partial charge in [0.25, 0.3) is 0 Å². The molecule has 0 saturated carbocycles. The van der Waals surface area contributed by atoms with E-state index in [-0.39, 0.29) is 5.41 Å². The Hall–Kier alpha value is -0.980. The van der Waals surface area contributed by atoms with Crippen molar-refractivity contribution in [2.45, 2.75) is 33.6 Å². The molecule has 0 spiro atoms. The second-order valence-corrected chi connectivity index (χ2v) is 4.06. The van der Waals surface area contributed by atoms with Crippen molar-refractivity contribution in [2.75, 3.05) is 0 Å². The van der Waals surface area contributed by atoms with Crippen molar-refractivity contribution < 1.29 is 0 Å². The maximum Gasteiger partial charge on any atom is 0.00904 e. The van der Waals surface area contributed by atoms with Crippen molar-refractivity contribution >= 4 is 0 Å². The molecule has 0 amide bonds. The van der Waals surface area contributed by atoms with Crippen molar-refractivity contribution in [3.63, 3.8) is 0 Å². The molecular weight excluding hydrogens is 158 g/mol.